The quantitative estimate of drug-likeness (QED) is 0.586. The Morgan fingerprint density at radius 1 is 0.625 bits per heavy atom. The van der Waals surface area contributed by atoms with Gasteiger partial charge in [-0.05, 0) is 13.3 Å². The molecule has 0 saturated carbocycles. The van der Waals surface area contributed by atoms with Crippen molar-refractivity contribution in [1.82, 2.24) is 20.0 Å². The lowest BCUT2D eigenvalue weighted by Gasteiger charge is -2.31. The van der Waals surface area contributed by atoms with Gasteiger partial charge in [0, 0.05) is 67.6 Å². The number of carbonyl (C=O) groups is 7. The van der Waals surface area contributed by atoms with Gasteiger partial charge in [-0.3, -0.25) is 48.3 Å². The number of amides is 7. The van der Waals surface area contributed by atoms with Gasteiger partial charge in [0.05, 0.1) is 6.04 Å². The second kappa shape index (κ2) is 14.8. The van der Waals surface area contributed by atoms with Crippen LogP contribution in [0.4, 0.5) is 0 Å². The van der Waals surface area contributed by atoms with Gasteiger partial charge in [-0.15, -0.1) is 0 Å². The summed E-state index contributed by atoms with van der Waals surface area (Å²) in [5, 5.41) is 2.60. The molecule has 7 amide bonds. The van der Waals surface area contributed by atoms with Gasteiger partial charge < -0.3 is 5.32 Å². The van der Waals surface area contributed by atoms with Crippen LogP contribution < -0.4 is 5.32 Å². The molecule has 0 radical (unpaired) electrons. The van der Waals surface area contributed by atoms with E-state index in [1.54, 1.807) is 13.8 Å². The maximum absolute atomic E-state index is 11.4. The van der Waals surface area contributed by atoms with E-state index in [9.17, 15) is 33.6 Å². The van der Waals surface area contributed by atoms with Gasteiger partial charge in [-0.2, -0.15) is 0 Å². The Morgan fingerprint density at radius 3 is 1.22 bits per heavy atom. The van der Waals surface area contributed by atoms with Gasteiger partial charge in [0.25, 0.3) is 0 Å². The lowest BCUT2D eigenvalue weighted by Crippen LogP contribution is -2.50. The minimum absolute atomic E-state index is 0.0420. The lowest BCUT2D eigenvalue weighted by molar-refractivity contribution is -0.150. The van der Waals surface area contributed by atoms with Gasteiger partial charge in [-0.1, -0.05) is 6.92 Å². The molecule has 0 heterocycles. The number of rotatable bonds is 7. The molecule has 1 N–H and O–H groups in total. The molecular weight excluding hydrogens is 420 g/mol. The highest BCUT2D eigenvalue weighted by Crippen LogP contribution is 2.09. The third-order valence-electron chi connectivity index (χ3n) is 4.33. The van der Waals surface area contributed by atoms with Crippen LogP contribution in [0.25, 0.3) is 0 Å². The molecule has 0 bridgehead atoms. The fourth-order valence-corrected chi connectivity index (χ4v) is 2.96. The molecule has 0 aromatic carbocycles. The van der Waals surface area contributed by atoms with E-state index < -0.39 is 17.9 Å². The van der Waals surface area contributed by atoms with Crippen molar-refractivity contribution in [1.29, 1.82) is 0 Å². The average molecular weight is 457 g/mol. The molecule has 0 aliphatic rings. The summed E-state index contributed by atoms with van der Waals surface area (Å²) in [7, 11) is 0. The molecule has 0 saturated heterocycles. The summed E-state index contributed by atoms with van der Waals surface area (Å²) >= 11 is 0. The lowest BCUT2D eigenvalue weighted by atomic mass is 10.1. The molecule has 2 unspecified atom stereocenters. The van der Waals surface area contributed by atoms with E-state index in [-0.39, 0.29) is 48.7 Å². The third-order valence-corrected chi connectivity index (χ3v) is 4.33. The number of hydrogen-bond donors (Lipinski definition) is 1. The largest absolute Gasteiger partial charge is 0.352 e. The van der Waals surface area contributed by atoms with Crippen LogP contribution >= 0.6 is 0 Å². The van der Waals surface area contributed by atoms with E-state index in [0.717, 1.165) is 14.7 Å². The molecule has 0 aromatic rings. The fraction of sp³-hybridized carbons (Fsp3) is 0.667. The highest BCUT2D eigenvalue weighted by Gasteiger charge is 2.27. The summed E-state index contributed by atoms with van der Waals surface area (Å²) in [6.07, 6.45) is 0.482. The second-order valence-electron chi connectivity index (χ2n) is 7.37. The van der Waals surface area contributed by atoms with Gasteiger partial charge in [-0.25, -0.2) is 0 Å². The Balaban J connectivity index is 0. The van der Waals surface area contributed by atoms with Crippen LogP contribution in [0.3, 0.4) is 0 Å². The normalized spacial score (nSPS) is 11.7. The van der Waals surface area contributed by atoms with Gasteiger partial charge >= 0.3 is 0 Å². The Bertz CT molecular complexity index is 694. The maximum Gasteiger partial charge on any atom is 0.226 e. The molecular formula is C21H36N4O7. The minimum atomic E-state index is -0.479. The number of nitrogens with one attached hydrogen (secondary N) is 1. The van der Waals surface area contributed by atoms with Crippen LogP contribution in [0.5, 0.6) is 0 Å². The van der Waals surface area contributed by atoms with Crippen molar-refractivity contribution in [2.24, 2.45) is 0 Å². The average Bonchev–Trinajstić information content (AvgIpc) is 2.60. The molecule has 32 heavy (non-hydrogen) atoms. The van der Waals surface area contributed by atoms with Crippen molar-refractivity contribution < 1.29 is 33.6 Å². The predicted octanol–water partition coefficient (Wildman–Crippen LogP) is 0.461. The van der Waals surface area contributed by atoms with E-state index >= 15 is 0 Å². The molecule has 0 rings (SSSR count). The van der Waals surface area contributed by atoms with Crippen molar-refractivity contribution >= 4 is 41.4 Å². The molecule has 0 spiro atoms. The van der Waals surface area contributed by atoms with E-state index in [2.05, 4.69) is 5.32 Å². The van der Waals surface area contributed by atoms with Crippen molar-refractivity contribution in [3.05, 3.63) is 0 Å². The monoisotopic (exact) mass is 456 g/mol. The number of carbonyl (C=O) groups excluding carboxylic acids is 7. The van der Waals surface area contributed by atoms with Gasteiger partial charge in [0.2, 0.25) is 41.4 Å². The third kappa shape index (κ3) is 11.9. The zero-order valence-electron chi connectivity index (χ0n) is 20.5. The zero-order valence-corrected chi connectivity index (χ0v) is 20.5. The SMILES string of the molecule is CC(=O)NC(C)CN(C(C)=O)C(C)=O.CCC(CN(C(C)=O)C(C)=O)N(C(C)=O)C(C)=O. The number of nitrogens with zero attached hydrogens (tertiary/aromatic N) is 3. The summed E-state index contributed by atoms with van der Waals surface area (Å²) in [6, 6.07) is -0.701. The van der Waals surface area contributed by atoms with Crippen LogP contribution in [-0.2, 0) is 33.6 Å². The van der Waals surface area contributed by atoms with Gasteiger partial charge in [0.1, 0.15) is 0 Å². The van der Waals surface area contributed by atoms with Crippen LogP contribution in [0.1, 0.15) is 68.7 Å². The molecule has 0 aliphatic heterocycles. The van der Waals surface area contributed by atoms with Crippen molar-refractivity contribution in [2.45, 2.75) is 80.8 Å². The van der Waals surface area contributed by atoms with Crippen molar-refractivity contribution in [3.63, 3.8) is 0 Å². The Hall–Kier alpha value is -3.11. The molecule has 182 valence electrons. The Morgan fingerprint density at radius 2 is 0.969 bits per heavy atom. The van der Waals surface area contributed by atoms with E-state index in [1.165, 1.54) is 48.5 Å². The first kappa shape index (κ1) is 31.1. The first-order valence-corrected chi connectivity index (χ1v) is 10.2. The summed E-state index contributed by atoms with van der Waals surface area (Å²) in [5.41, 5.74) is 0. The first-order valence-electron chi connectivity index (χ1n) is 10.2. The predicted molar refractivity (Wildman–Crippen MR) is 117 cm³/mol. The highest BCUT2D eigenvalue weighted by molar-refractivity contribution is 5.95. The maximum atomic E-state index is 11.4. The van der Waals surface area contributed by atoms with E-state index in [1.807, 2.05) is 0 Å². The van der Waals surface area contributed by atoms with E-state index in [0.29, 0.717) is 6.42 Å². The van der Waals surface area contributed by atoms with Crippen LogP contribution in [0.15, 0.2) is 0 Å². The number of imide groups is 3. The van der Waals surface area contributed by atoms with Crippen molar-refractivity contribution in [2.75, 3.05) is 13.1 Å². The molecule has 2 atom stereocenters. The summed E-state index contributed by atoms with van der Waals surface area (Å²) in [5.74, 6) is -2.36. The van der Waals surface area contributed by atoms with Crippen LogP contribution in [0, 0.1) is 0 Å². The standard InChI is InChI=1S/C12H20N2O4.C9H16N2O3/c1-6-12(14(10(4)17)11(5)18)7-13(8(2)15)9(3)16;1-6(10-7(2)12)5-11(8(3)13)9(4)14/h12H,6-7H2,1-5H3;6H,5H2,1-4H3,(H,10,12). The fourth-order valence-electron chi connectivity index (χ4n) is 2.96. The summed E-state index contributed by atoms with van der Waals surface area (Å²) in [4.78, 5) is 81.4. The molecule has 11 nitrogen and oxygen atoms in total. The zero-order chi connectivity index (χ0) is 25.8. The topological polar surface area (TPSA) is 141 Å². The molecule has 11 heteroatoms. The summed E-state index contributed by atoms with van der Waals surface area (Å²) in [6.45, 7) is 12.9. The van der Waals surface area contributed by atoms with Crippen LogP contribution in [-0.4, -0.2) is 81.2 Å². The van der Waals surface area contributed by atoms with Crippen molar-refractivity contribution in [3.8, 4) is 0 Å². The Labute approximate surface area is 189 Å². The van der Waals surface area contributed by atoms with Crippen LogP contribution in [0.2, 0.25) is 0 Å². The second-order valence-corrected chi connectivity index (χ2v) is 7.37. The van der Waals surface area contributed by atoms with E-state index in [4.69, 9.17) is 0 Å². The highest BCUT2D eigenvalue weighted by atomic mass is 16.2. The molecule has 0 aliphatic carbocycles. The molecule has 0 fully saturated rings. The molecule has 0 aromatic heterocycles. The number of hydrogen-bond acceptors (Lipinski definition) is 7. The van der Waals surface area contributed by atoms with Gasteiger partial charge in [0.15, 0.2) is 0 Å². The Kier molecular flexibility index (Phi) is 14.4. The summed E-state index contributed by atoms with van der Waals surface area (Å²) < 4.78 is 0. The minimum Gasteiger partial charge on any atom is -0.352 e. The smallest absolute Gasteiger partial charge is 0.226 e. The first-order chi connectivity index (χ1) is 14.6.